The van der Waals surface area contributed by atoms with Crippen LogP contribution in [0.1, 0.15) is 19.0 Å². The first-order valence-corrected chi connectivity index (χ1v) is 9.54. The average Bonchev–Trinajstić information content (AvgIpc) is 2.73. The first-order chi connectivity index (χ1) is 14.0. The van der Waals surface area contributed by atoms with Crippen LogP contribution in [-0.4, -0.2) is 28.7 Å². The average molecular weight is 392 g/mol. The van der Waals surface area contributed by atoms with Crippen molar-refractivity contribution in [1.82, 2.24) is 9.55 Å². The molecule has 0 unspecified atom stereocenters. The highest BCUT2D eigenvalue weighted by Crippen LogP contribution is 2.30. The number of fused-ring (bicyclic) bond motifs is 1. The predicted molar refractivity (Wildman–Crippen MR) is 109 cm³/mol. The number of hydrogen-bond acceptors (Lipinski definition) is 5. The minimum absolute atomic E-state index is 0.00264. The van der Waals surface area contributed by atoms with Crippen LogP contribution < -0.4 is 15.2 Å². The van der Waals surface area contributed by atoms with E-state index in [1.807, 2.05) is 0 Å². The number of aromatic nitrogens is 2. The fourth-order valence-corrected chi connectivity index (χ4v) is 3.82. The second kappa shape index (κ2) is 7.55. The largest absolute Gasteiger partial charge is 0.490 e. The molecule has 29 heavy (non-hydrogen) atoms. The van der Waals surface area contributed by atoms with Crippen LogP contribution in [0, 0.1) is 23.1 Å². The molecule has 0 aliphatic carbocycles. The molecule has 7 heteroatoms. The molecule has 2 aromatic heterocycles. The molecule has 6 nitrogen and oxygen atoms in total. The lowest BCUT2D eigenvalue weighted by atomic mass is 9.95. The minimum Gasteiger partial charge on any atom is -0.490 e. The van der Waals surface area contributed by atoms with E-state index < -0.39 is 0 Å². The van der Waals surface area contributed by atoms with E-state index in [2.05, 4.69) is 22.9 Å². The molecule has 0 amide bonds. The van der Waals surface area contributed by atoms with Gasteiger partial charge >= 0.3 is 0 Å². The number of ether oxygens (including phenoxy) is 1. The van der Waals surface area contributed by atoms with Crippen molar-refractivity contribution in [2.24, 2.45) is 13.0 Å². The molecule has 3 heterocycles. The fraction of sp³-hybridized carbons (Fsp3) is 0.318. The van der Waals surface area contributed by atoms with Crippen LogP contribution in [0.4, 0.5) is 10.1 Å². The lowest BCUT2D eigenvalue weighted by Crippen LogP contribution is -2.45. The van der Waals surface area contributed by atoms with E-state index in [1.54, 1.807) is 41.9 Å². The van der Waals surface area contributed by atoms with Gasteiger partial charge in [0.25, 0.3) is 5.56 Å². The van der Waals surface area contributed by atoms with E-state index >= 15 is 0 Å². The molecule has 1 aromatic carbocycles. The Morgan fingerprint density at radius 2 is 2.00 bits per heavy atom. The summed E-state index contributed by atoms with van der Waals surface area (Å²) in [6.45, 7) is 3.47. The van der Waals surface area contributed by atoms with Crippen LogP contribution in [-0.2, 0) is 7.05 Å². The van der Waals surface area contributed by atoms with Crippen molar-refractivity contribution in [2.75, 3.05) is 18.0 Å². The summed E-state index contributed by atoms with van der Waals surface area (Å²) in [5, 5.41) is 9.22. The van der Waals surface area contributed by atoms with E-state index in [0.29, 0.717) is 35.6 Å². The Morgan fingerprint density at radius 3 is 2.69 bits per heavy atom. The number of aryl methyl sites for hydroxylation is 1. The molecule has 1 saturated heterocycles. The Hall–Kier alpha value is -3.40. The first-order valence-electron chi connectivity index (χ1n) is 9.54. The molecule has 3 aromatic rings. The van der Waals surface area contributed by atoms with Gasteiger partial charge in [-0.3, -0.25) is 4.79 Å². The van der Waals surface area contributed by atoms with Crippen LogP contribution in [0.25, 0.3) is 11.0 Å². The van der Waals surface area contributed by atoms with Gasteiger partial charge in [0, 0.05) is 38.5 Å². The number of anilines is 1. The van der Waals surface area contributed by atoms with Gasteiger partial charge in [0.15, 0.2) is 0 Å². The third-order valence-electron chi connectivity index (χ3n) is 5.45. The molecule has 2 atom stereocenters. The van der Waals surface area contributed by atoms with E-state index in [1.165, 1.54) is 12.1 Å². The van der Waals surface area contributed by atoms with Crippen molar-refractivity contribution in [3.63, 3.8) is 0 Å². The summed E-state index contributed by atoms with van der Waals surface area (Å²) in [6, 6.07) is 13.1. The van der Waals surface area contributed by atoms with E-state index in [4.69, 9.17) is 4.74 Å². The molecule has 4 rings (SSSR count). The van der Waals surface area contributed by atoms with Crippen LogP contribution in [0.2, 0.25) is 0 Å². The van der Waals surface area contributed by atoms with E-state index in [-0.39, 0.29) is 23.4 Å². The lowest BCUT2D eigenvalue weighted by Gasteiger charge is -2.38. The molecule has 0 bridgehead atoms. The smallest absolute Gasteiger partial charge is 0.252 e. The van der Waals surface area contributed by atoms with Gasteiger partial charge in [0.05, 0.1) is 11.2 Å². The monoisotopic (exact) mass is 392 g/mol. The van der Waals surface area contributed by atoms with Crippen molar-refractivity contribution in [3.8, 4) is 11.8 Å². The Labute approximate surface area is 167 Å². The van der Waals surface area contributed by atoms with Crippen molar-refractivity contribution < 1.29 is 9.13 Å². The predicted octanol–water partition coefficient (Wildman–Crippen LogP) is 3.24. The maximum Gasteiger partial charge on any atom is 0.252 e. The molecular formula is C22H21FN4O2. The van der Waals surface area contributed by atoms with Gasteiger partial charge in [-0.05, 0) is 36.4 Å². The van der Waals surface area contributed by atoms with Gasteiger partial charge in [0.1, 0.15) is 35.0 Å². The second-order valence-corrected chi connectivity index (χ2v) is 7.43. The Balaban J connectivity index is 1.61. The van der Waals surface area contributed by atoms with Crippen molar-refractivity contribution in [1.29, 1.82) is 5.26 Å². The Morgan fingerprint density at radius 1 is 1.24 bits per heavy atom. The molecular weight excluding hydrogens is 371 g/mol. The van der Waals surface area contributed by atoms with Gasteiger partial charge in [0.2, 0.25) is 0 Å². The summed E-state index contributed by atoms with van der Waals surface area (Å²) in [4.78, 5) is 19.0. The van der Waals surface area contributed by atoms with Gasteiger partial charge in [-0.25, -0.2) is 9.37 Å². The second-order valence-electron chi connectivity index (χ2n) is 7.43. The Kier molecular flexibility index (Phi) is 4.93. The van der Waals surface area contributed by atoms with Crippen LogP contribution in [0.5, 0.6) is 5.75 Å². The summed E-state index contributed by atoms with van der Waals surface area (Å²) in [7, 11) is 1.70. The number of rotatable bonds is 3. The molecule has 0 N–H and O–H groups in total. The highest BCUT2D eigenvalue weighted by molar-refractivity contribution is 5.88. The third-order valence-corrected chi connectivity index (χ3v) is 5.45. The number of halogens is 1. The lowest BCUT2D eigenvalue weighted by molar-refractivity contribution is 0.121. The molecule has 0 spiro atoms. The highest BCUT2D eigenvalue weighted by Gasteiger charge is 2.29. The fourth-order valence-electron chi connectivity index (χ4n) is 3.82. The first kappa shape index (κ1) is 18.9. The summed E-state index contributed by atoms with van der Waals surface area (Å²) in [5.41, 5.74) is 2.30. The molecule has 1 aliphatic rings. The SMILES string of the molecule is C[C@H]1CN(c2cc(=O)n(C)c3ccc(C#N)nc23)CC[C@@H]1Oc1ccc(F)cc1. The molecule has 0 saturated carbocycles. The van der Waals surface area contributed by atoms with Gasteiger partial charge in [-0.2, -0.15) is 5.26 Å². The zero-order valence-corrected chi connectivity index (χ0v) is 16.3. The van der Waals surface area contributed by atoms with Gasteiger partial charge < -0.3 is 14.2 Å². The number of pyridine rings is 2. The molecule has 148 valence electrons. The van der Waals surface area contributed by atoms with Crippen LogP contribution in [0.3, 0.4) is 0 Å². The number of nitriles is 1. The zero-order valence-electron chi connectivity index (χ0n) is 16.3. The van der Waals surface area contributed by atoms with Crippen molar-refractivity contribution in [2.45, 2.75) is 19.4 Å². The van der Waals surface area contributed by atoms with Crippen molar-refractivity contribution in [3.05, 3.63) is 64.3 Å². The normalized spacial score (nSPS) is 19.2. The van der Waals surface area contributed by atoms with Crippen LogP contribution >= 0.6 is 0 Å². The quantitative estimate of drug-likeness (QED) is 0.684. The summed E-state index contributed by atoms with van der Waals surface area (Å²) in [6.07, 6.45) is 0.754. The van der Waals surface area contributed by atoms with Crippen molar-refractivity contribution >= 4 is 16.7 Å². The third kappa shape index (κ3) is 3.66. The summed E-state index contributed by atoms with van der Waals surface area (Å²) in [5.74, 6) is 0.546. The van der Waals surface area contributed by atoms with Crippen LogP contribution in [0.15, 0.2) is 47.3 Å². The van der Waals surface area contributed by atoms with Gasteiger partial charge in [-0.15, -0.1) is 0 Å². The number of benzene rings is 1. The number of nitrogens with zero attached hydrogens (tertiary/aromatic N) is 4. The Bertz CT molecular complexity index is 1150. The highest BCUT2D eigenvalue weighted by atomic mass is 19.1. The van der Waals surface area contributed by atoms with E-state index in [0.717, 1.165) is 12.1 Å². The van der Waals surface area contributed by atoms with E-state index in [9.17, 15) is 14.4 Å². The summed E-state index contributed by atoms with van der Waals surface area (Å²) >= 11 is 0. The molecule has 1 aliphatic heterocycles. The zero-order chi connectivity index (χ0) is 20.5. The van der Waals surface area contributed by atoms with Gasteiger partial charge in [-0.1, -0.05) is 6.92 Å². The standard InChI is InChI=1S/C22H21FN4O2/c1-14-13-27(10-9-20(14)29-17-6-3-15(23)4-7-17)19-11-21(28)26(2)18-8-5-16(12-24)25-22(18)19/h3-8,11,14,20H,9-10,13H2,1-2H3/t14-,20-/m0/s1. The molecule has 0 radical (unpaired) electrons. The molecule has 1 fully saturated rings. The maximum atomic E-state index is 13.1. The number of piperidine rings is 1. The maximum absolute atomic E-state index is 13.1. The topological polar surface area (TPSA) is 71.2 Å². The minimum atomic E-state index is -0.290. The number of hydrogen-bond donors (Lipinski definition) is 0. The summed E-state index contributed by atoms with van der Waals surface area (Å²) < 4.78 is 20.7.